The van der Waals surface area contributed by atoms with Crippen molar-refractivity contribution in [2.24, 2.45) is 5.73 Å². The van der Waals surface area contributed by atoms with Crippen molar-refractivity contribution in [3.8, 4) is 0 Å². The molecule has 0 saturated heterocycles. The van der Waals surface area contributed by atoms with Crippen molar-refractivity contribution in [2.75, 3.05) is 7.11 Å². The molecular weight excluding hydrogens is 224 g/mol. The maximum Gasteiger partial charge on any atom is 0.0543 e. The lowest BCUT2D eigenvalue weighted by Crippen LogP contribution is -2.14. The van der Waals surface area contributed by atoms with Crippen LogP contribution in [0.3, 0.4) is 0 Å². The van der Waals surface area contributed by atoms with Crippen molar-refractivity contribution in [3.05, 3.63) is 42.2 Å². The van der Waals surface area contributed by atoms with Gasteiger partial charge in [-0.05, 0) is 36.8 Å². The molecule has 18 heavy (non-hydrogen) atoms. The average Bonchev–Trinajstić information content (AvgIpc) is 2.43. The van der Waals surface area contributed by atoms with E-state index in [0.29, 0.717) is 0 Å². The minimum Gasteiger partial charge on any atom is -0.382 e. The van der Waals surface area contributed by atoms with Crippen LogP contribution < -0.4 is 5.73 Å². The molecule has 0 saturated carbocycles. The van der Waals surface area contributed by atoms with Gasteiger partial charge in [-0.15, -0.1) is 0 Å². The molecule has 0 spiro atoms. The number of ether oxygens (including phenoxy) is 1. The Morgan fingerprint density at radius 3 is 2.89 bits per heavy atom. The summed E-state index contributed by atoms with van der Waals surface area (Å²) < 4.78 is 5.26. The van der Waals surface area contributed by atoms with Gasteiger partial charge < -0.3 is 10.5 Å². The summed E-state index contributed by atoms with van der Waals surface area (Å²) in [6.45, 7) is 2.07. The van der Waals surface area contributed by atoms with Crippen LogP contribution >= 0.6 is 0 Å². The molecule has 2 N–H and O–H groups in total. The summed E-state index contributed by atoms with van der Waals surface area (Å²) in [6, 6.07) is 8.29. The highest BCUT2D eigenvalue weighted by Crippen LogP contribution is 2.25. The fraction of sp³-hybridized carbons (Fsp3) is 0.400. The van der Waals surface area contributed by atoms with Gasteiger partial charge in [-0.1, -0.05) is 18.2 Å². The predicted molar refractivity (Wildman–Crippen MR) is 74.4 cm³/mol. The van der Waals surface area contributed by atoms with Crippen LogP contribution in [0.5, 0.6) is 0 Å². The van der Waals surface area contributed by atoms with Gasteiger partial charge in [-0.3, -0.25) is 4.98 Å². The van der Waals surface area contributed by atoms with Crippen LogP contribution in [0.15, 0.2) is 36.7 Å². The van der Waals surface area contributed by atoms with Gasteiger partial charge in [0.25, 0.3) is 0 Å². The van der Waals surface area contributed by atoms with Gasteiger partial charge in [0.05, 0.1) is 6.10 Å². The van der Waals surface area contributed by atoms with E-state index in [1.165, 1.54) is 10.9 Å². The number of pyridine rings is 1. The molecule has 0 amide bonds. The number of nitrogens with two attached hydrogens (primary N) is 1. The number of methoxy groups -OCH3 is 1. The molecule has 96 valence electrons. The summed E-state index contributed by atoms with van der Waals surface area (Å²) >= 11 is 0. The quantitative estimate of drug-likeness (QED) is 0.879. The van der Waals surface area contributed by atoms with Crippen molar-refractivity contribution in [3.63, 3.8) is 0 Å². The average molecular weight is 244 g/mol. The zero-order valence-electron chi connectivity index (χ0n) is 11.0. The molecule has 1 aromatic carbocycles. The van der Waals surface area contributed by atoms with E-state index in [1.807, 2.05) is 18.5 Å². The van der Waals surface area contributed by atoms with Crippen LogP contribution in [0, 0.1) is 0 Å². The molecule has 0 bridgehead atoms. The predicted octanol–water partition coefficient (Wildman–Crippen LogP) is 3.05. The second-order valence-electron chi connectivity index (χ2n) is 4.67. The molecule has 3 nitrogen and oxygen atoms in total. The van der Waals surface area contributed by atoms with E-state index in [2.05, 4.69) is 30.1 Å². The van der Waals surface area contributed by atoms with Crippen LogP contribution in [-0.2, 0) is 4.74 Å². The molecule has 2 aromatic rings. The lowest BCUT2D eigenvalue weighted by molar-refractivity contribution is 0.107. The molecule has 0 aliphatic carbocycles. The van der Waals surface area contributed by atoms with Crippen molar-refractivity contribution in [1.29, 1.82) is 0 Å². The Hall–Kier alpha value is -1.45. The monoisotopic (exact) mass is 244 g/mol. The zero-order chi connectivity index (χ0) is 13.0. The third kappa shape index (κ3) is 2.86. The number of benzene rings is 1. The number of fused-ring (bicyclic) bond motifs is 1. The number of nitrogens with zero attached hydrogens (tertiary/aromatic N) is 1. The number of hydrogen-bond donors (Lipinski definition) is 1. The molecule has 2 atom stereocenters. The molecule has 1 aromatic heterocycles. The Morgan fingerprint density at radius 2 is 2.11 bits per heavy atom. The maximum absolute atomic E-state index is 6.28. The van der Waals surface area contributed by atoms with Gasteiger partial charge in [-0.2, -0.15) is 0 Å². The zero-order valence-corrected chi connectivity index (χ0v) is 11.0. The molecule has 0 aliphatic rings. The normalized spacial score (nSPS) is 14.6. The number of aromatic nitrogens is 1. The summed E-state index contributed by atoms with van der Waals surface area (Å²) in [5.41, 5.74) is 7.45. The van der Waals surface area contributed by atoms with Crippen LogP contribution in [0.2, 0.25) is 0 Å². The molecule has 0 radical (unpaired) electrons. The Kier molecular flexibility index (Phi) is 4.28. The Bertz CT molecular complexity index is 507. The fourth-order valence-corrected chi connectivity index (χ4v) is 2.15. The van der Waals surface area contributed by atoms with Gasteiger partial charge in [0, 0.05) is 30.9 Å². The minimum absolute atomic E-state index is 0.0375. The maximum atomic E-state index is 6.28. The molecule has 3 heteroatoms. The number of rotatable bonds is 5. The van der Waals surface area contributed by atoms with Crippen molar-refractivity contribution < 1.29 is 4.74 Å². The third-order valence-electron chi connectivity index (χ3n) is 3.40. The topological polar surface area (TPSA) is 48.1 Å². The first-order chi connectivity index (χ1) is 8.72. The molecule has 2 unspecified atom stereocenters. The summed E-state index contributed by atoms with van der Waals surface area (Å²) in [5.74, 6) is 0. The first kappa shape index (κ1) is 13.0. The fourth-order valence-electron chi connectivity index (χ4n) is 2.15. The highest BCUT2D eigenvalue weighted by molar-refractivity contribution is 5.85. The SMILES string of the molecule is COC(C)CCC(N)c1cccc2ccncc12. The number of hydrogen-bond acceptors (Lipinski definition) is 3. The molecule has 0 fully saturated rings. The Morgan fingerprint density at radius 1 is 1.28 bits per heavy atom. The van der Waals surface area contributed by atoms with Crippen molar-refractivity contribution >= 4 is 10.8 Å². The van der Waals surface area contributed by atoms with E-state index >= 15 is 0 Å². The van der Waals surface area contributed by atoms with Gasteiger partial charge in [0.1, 0.15) is 0 Å². The summed E-state index contributed by atoms with van der Waals surface area (Å²) in [7, 11) is 1.73. The highest BCUT2D eigenvalue weighted by atomic mass is 16.5. The Balaban J connectivity index is 2.19. The standard InChI is InChI=1S/C15H20N2O/c1-11(18-2)6-7-15(16)13-5-3-4-12-8-9-17-10-14(12)13/h3-5,8-11,15H,6-7,16H2,1-2H3. The smallest absolute Gasteiger partial charge is 0.0543 e. The van der Waals surface area contributed by atoms with Crippen LogP contribution in [0.1, 0.15) is 31.4 Å². The van der Waals surface area contributed by atoms with E-state index in [4.69, 9.17) is 10.5 Å². The van der Waals surface area contributed by atoms with E-state index in [1.54, 1.807) is 7.11 Å². The van der Waals surface area contributed by atoms with Crippen LogP contribution in [0.25, 0.3) is 10.8 Å². The van der Waals surface area contributed by atoms with Gasteiger partial charge >= 0.3 is 0 Å². The first-order valence-electron chi connectivity index (χ1n) is 6.33. The highest BCUT2D eigenvalue weighted by Gasteiger charge is 2.11. The first-order valence-corrected chi connectivity index (χ1v) is 6.33. The van der Waals surface area contributed by atoms with E-state index < -0.39 is 0 Å². The molecule has 0 aliphatic heterocycles. The van der Waals surface area contributed by atoms with E-state index in [0.717, 1.165) is 18.2 Å². The van der Waals surface area contributed by atoms with E-state index in [9.17, 15) is 0 Å². The molecule has 2 rings (SSSR count). The van der Waals surface area contributed by atoms with Gasteiger partial charge in [-0.25, -0.2) is 0 Å². The van der Waals surface area contributed by atoms with Gasteiger partial charge in [0.2, 0.25) is 0 Å². The summed E-state index contributed by atoms with van der Waals surface area (Å²) in [5, 5.41) is 2.34. The third-order valence-corrected chi connectivity index (χ3v) is 3.40. The molecular formula is C15H20N2O. The molecule has 1 heterocycles. The van der Waals surface area contributed by atoms with Crippen molar-refractivity contribution in [1.82, 2.24) is 4.98 Å². The van der Waals surface area contributed by atoms with Gasteiger partial charge in [0.15, 0.2) is 0 Å². The summed E-state index contributed by atoms with van der Waals surface area (Å²) in [6.07, 6.45) is 5.84. The van der Waals surface area contributed by atoms with E-state index in [-0.39, 0.29) is 12.1 Å². The van der Waals surface area contributed by atoms with Crippen molar-refractivity contribution in [2.45, 2.75) is 31.9 Å². The van der Waals surface area contributed by atoms with Crippen LogP contribution in [0.4, 0.5) is 0 Å². The largest absolute Gasteiger partial charge is 0.382 e. The van der Waals surface area contributed by atoms with Crippen LogP contribution in [-0.4, -0.2) is 18.2 Å². The Labute approximate surface area is 108 Å². The second kappa shape index (κ2) is 5.94. The summed E-state index contributed by atoms with van der Waals surface area (Å²) in [4.78, 5) is 4.19. The lowest BCUT2D eigenvalue weighted by Gasteiger charge is -2.16. The second-order valence-corrected chi connectivity index (χ2v) is 4.67. The lowest BCUT2D eigenvalue weighted by atomic mass is 9.97. The minimum atomic E-state index is 0.0375.